The molecule has 3 aromatic rings. The molecule has 25 heavy (non-hydrogen) atoms. The minimum atomic E-state index is -0.251. The number of anilines is 2. The Morgan fingerprint density at radius 3 is 2.44 bits per heavy atom. The van der Waals surface area contributed by atoms with Gasteiger partial charge in [0.25, 0.3) is 5.91 Å². The van der Waals surface area contributed by atoms with Crippen molar-refractivity contribution in [3.05, 3.63) is 66.2 Å². The Morgan fingerprint density at radius 1 is 1.04 bits per heavy atom. The second kappa shape index (κ2) is 7.00. The Bertz CT molecular complexity index is 900. The molecule has 0 fully saturated rings. The number of aryl methyl sites for hydroxylation is 1. The molecule has 1 heterocycles. The zero-order chi connectivity index (χ0) is 17.8. The lowest BCUT2D eigenvalue weighted by atomic mass is 10.1. The average Bonchev–Trinajstić information content (AvgIpc) is 3.11. The van der Waals surface area contributed by atoms with E-state index in [2.05, 4.69) is 15.6 Å². The number of oxazole rings is 1. The first kappa shape index (κ1) is 16.4. The Balaban J connectivity index is 1.75. The van der Waals surface area contributed by atoms with Crippen LogP contribution in [0.1, 0.15) is 22.8 Å². The summed E-state index contributed by atoms with van der Waals surface area (Å²) in [4.78, 5) is 27.5. The average molecular weight is 335 g/mol. The highest BCUT2D eigenvalue weighted by molar-refractivity contribution is 6.05. The van der Waals surface area contributed by atoms with E-state index in [9.17, 15) is 9.59 Å². The summed E-state index contributed by atoms with van der Waals surface area (Å²) in [6.45, 7) is 3.30. The summed E-state index contributed by atoms with van der Waals surface area (Å²) in [5.74, 6) is 0.235. The van der Waals surface area contributed by atoms with E-state index in [1.54, 1.807) is 36.5 Å². The third kappa shape index (κ3) is 3.92. The van der Waals surface area contributed by atoms with Crippen molar-refractivity contribution >= 4 is 23.2 Å². The zero-order valence-electron chi connectivity index (χ0n) is 13.9. The molecule has 0 spiro atoms. The fourth-order valence-electron chi connectivity index (χ4n) is 2.37. The van der Waals surface area contributed by atoms with Gasteiger partial charge in [-0.05, 0) is 48.9 Å². The van der Waals surface area contributed by atoms with E-state index >= 15 is 0 Å². The van der Waals surface area contributed by atoms with Gasteiger partial charge in [-0.1, -0.05) is 6.07 Å². The molecule has 1 aromatic heterocycles. The maximum Gasteiger partial charge on any atom is 0.255 e. The molecule has 0 aliphatic heterocycles. The predicted octanol–water partition coefficient (Wildman–Crippen LogP) is 3.86. The van der Waals surface area contributed by atoms with Crippen molar-refractivity contribution in [2.45, 2.75) is 13.8 Å². The minimum Gasteiger partial charge on any atom is -0.444 e. The van der Waals surface area contributed by atoms with Crippen LogP contribution in [0, 0.1) is 6.92 Å². The van der Waals surface area contributed by atoms with E-state index in [0.717, 1.165) is 11.1 Å². The quantitative estimate of drug-likeness (QED) is 0.758. The number of carbonyl (C=O) groups is 2. The molecule has 0 atom stereocenters. The van der Waals surface area contributed by atoms with E-state index in [1.807, 2.05) is 19.1 Å². The maximum absolute atomic E-state index is 12.4. The molecule has 0 bridgehead atoms. The zero-order valence-corrected chi connectivity index (χ0v) is 13.9. The summed E-state index contributed by atoms with van der Waals surface area (Å²) in [5, 5.41) is 5.55. The highest BCUT2D eigenvalue weighted by Crippen LogP contribution is 2.22. The van der Waals surface area contributed by atoms with Gasteiger partial charge in [0.2, 0.25) is 5.91 Å². The maximum atomic E-state index is 12.4. The summed E-state index contributed by atoms with van der Waals surface area (Å²) in [6, 6.07) is 12.4. The first-order chi connectivity index (χ1) is 12.0. The standard InChI is InChI=1S/C19H17N3O3/c1-12-3-4-15(9-17(12)21-13(2)23)19(24)22-16-7-5-14(6-8-16)18-10-20-11-25-18/h3-11H,1-2H3,(H,21,23)(H,22,24). The Morgan fingerprint density at radius 2 is 1.80 bits per heavy atom. The van der Waals surface area contributed by atoms with Gasteiger partial charge in [0, 0.05) is 29.4 Å². The number of hydrogen-bond acceptors (Lipinski definition) is 4. The Labute approximate surface area is 144 Å². The van der Waals surface area contributed by atoms with E-state index < -0.39 is 0 Å². The second-order valence-corrected chi connectivity index (χ2v) is 5.61. The number of aromatic nitrogens is 1. The topological polar surface area (TPSA) is 84.2 Å². The summed E-state index contributed by atoms with van der Waals surface area (Å²) in [7, 11) is 0. The molecule has 2 aromatic carbocycles. The molecule has 2 amide bonds. The van der Waals surface area contributed by atoms with Gasteiger partial charge in [0.05, 0.1) is 6.20 Å². The molecule has 0 unspecified atom stereocenters. The van der Waals surface area contributed by atoms with Gasteiger partial charge in [-0.25, -0.2) is 4.98 Å². The molecule has 0 aliphatic rings. The van der Waals surface area contributed by atoms with Crippen LogP contribution in [0.2, 0.25) is 0 Å². The van der Waals surface area contributed by atoms with Crippen LogP contribution in [0.25, 0.3) is 11.3 Å². The van der Waals surface area contributed by atoms with Crippen LogP contribution in [-0.4, -0.2) is 16.8 Å². The van der Waals surface area contributed by atoms with E-state index in [0.29, 0.717) is 22.7 Å². The molecule has 2 N–H and O–H groups in total. The molecule has 6 nitrogen and oxygen atoms in total. The largest absolute Gasteiger partial charge is 0.444 e. The van der Waals surface area contributed by atoms with Crippen LogP contribution >= 0.6 is 0 Å². The number of rotatable bonds is 4. The predicted molar refractivity (Wildman–Crippen MR) is 95.4 cm³/mol. The van der Waals surface area contributed by atoms with Gasteiger partial charge in [-0.3, -0.25) is 9.59 Å². The summed E-state index contributed by atoms with van der Waals surface area (Å²) in [6.07, 6.45) is 3.00. The Kier molecular flexibility index (Phi) is 4.61. The van der Waals surface area contributed by atoms with Gasteiger partial charge in [-0.15, -0.1) is 0 Å². The van der Waals surface area contributed by atoms with Crippen LogP contribution in [0.15, 0.2) is 59.5 Å². The van der Waals surface area contributed by atoms with Gasteiger partial charge in [0.15, 0.2) is 12.2 Å². The summed E-state index contributed by atoms with van der Waals surface area (Å²) in [5.41, 5.74) is 3.52. The van der Waals surface area contributed by atoms with Crippen molar-refractivity contribution in [3.8, 4) is 11.3 Å². The number of nitrogens with zero attached hydrogens (tertiary/aromatic N) is 1. The number of benzene rings is 2. The molecular formula is C19H17N3O3. The van der Waals surface area contributed by atoms with Crippen LogP contribution < -0.4 is 10.6 Å². The van der Waals surface area contributed by atoms with Crippen LogP contribution in [0.5, 0.6) is 0 Å². The molecule has 6 heteroatoms. The lowest BCUT2D eigenvalue weighted by Crippen LogP contribution is -2.13. The highest BCUT2D eigenvalue weighted by atomic mass is 16.3. The van der Waals surface area contributed by atoms with Crippen molar-refractivity contribution in [1.82, 2.24) is 4.98 Å². The van der Waals surface area contributed by atoms with Gasteiger partial charge in [0.1, 0.15) is 0 Å². The number of amides is 2. The molecule has 0 saturated heterocycles. The third-order valence-corrected chi connectivity index (χ3v) is 3.67. The van der Waals surface area contributed by atoms with Gasteiger partial charge < -0.3 is 15.1 Å². The summed E-state index contributed by atoms with van der Waals surface area (Å²) < 4.78 is 5.23. The normalized spacial score (nSPS) is 10.3. The summed E-state index contributed by atoms with van der Waals surface area (Å²) >= 11 is 0. The van der Waals surface area contributed by atoms with E-state index in [-0.39, 0.29) is 11.8 Å². The lowest BCUT2D eigenvalue weighted by Gasteiger charge is -2.10. The van der Waals surface area contributed by atoms with E-state index in [1.165, 1.54) is 13.3 Å². The van der Waals surface area contributed by atoms with Crippen molar-refractivity contribution in [3.63, 3.8) is 0 Å². The third-order valence-electron chi connectivity index (χ3n) is 3.67. The Hall–Kier alpha value is -3.41. The molecular weight excluding hydrogens is 318 g/mol. The monoisotopic (exact) mass is 335 g/mol. The molecule has 0 saturated carbocycles. The van der Waals surface area contributed by atoms with Crippen molar-refractivity contribution in [2.24, 2.45) is 0 Å². The SMILES string of the molecule is CC(=O)Nc1cc(C(=O)Nc2ccc(-c3cnco3)cc2)ccc1C. The van der Waals surface area contributed by atoms with Crippen molar-refractivity contribution in [2.75, 3.05) is 10.6 Å². The van der Waals surface area contributed by atoms with Crippen LogP contribution in [0.3, 0.4) is 0 Å². The van der Waals surface area contributed by atoms with E-state index in [4.69, 9.17) is 4.42 Å². The molecule has 0 aliphatic carbocycles. The lowest BCUT2D eigenvalue weighted by molar-refractivity contribution is -0.114. The first-order valence-corrected chi connectivity index (χ1v) is 7.71. The molecule has 3 rings (SSSR count). The second-order valence-electron chi connectivity index (χ2n) is 5.61. The first-order valence-electron chi connectivity index (χ1n) is 7.71. The van der Waals surface area contributed by atoms with Gasteiger partial charge in [-0.2, -0.15) is 0 Å². The van der Waals surface area contributed by atoms with Crippen molar-refractivity contribution < 1.29 is 14.0 Å². The van der Waals surface area contributed by atoms with Crippen molar-refractivity contribution in [1.29, 1.82) is 0 Å². The fourth-order valence-corrected chi connectivity index (χ4v) is 2.37. The van der Waals surface area contributed by atoms with Crippen LogP contribution in [0.4, 0.5) is 11.4 Å². The number of carbonyl (C=O) groups excluding carboxylic acids is 2. The highest BCUT2D eigenvalue weighted by Gasteiger charge is 2.10. The molecule has 126 valence electrons. The van der Waals surface area contributed by atoms with Gasteiger partial charge >= 0.3 is 0 Å². The molecule has 0 radical (unpaired) electrons. The minimum absolute atomic E-state index is 0.177. The smallest absolute Gasteiger partial charge is 0.255 e. The number of nitrogens with one attached hydrogen (secondary N) is 2. The van der Waals surface area contributed by atoms with Crippen LogP contribution in [-0.2, 0) is 4.79 Å². The fraction of sp³-hybridized carbons (Fsp3) is 0.105. The number of hydrogen-bond donors (Lipinski definition) is 2.